The Bertz CT molecular complexity index is 1590. The second kappa shape index (κ2) is 10.4. The van der Waals surface area contributed by atoms with Crippen molar-refractivity contribution in [2.45, 2.75) is 31.7 Å². The first-order valence-electron chi connectivity index (χ1n) is 13.3. The van der Waals surface area contributed by atoms with Gasteiger partial charge in [-0.2, -0.15) is 0 Å². The smallest absolute Gasteiger partial charge is 0.256 e. The van der Waals surface area contributed by atoms with Gasteiger partial charge >= 0.3 is 0 Å². The highest BCUT2D eigenvalue weighted by Gasteiger charge is 2.33. The van der Waals surface area contributed by atoms with Crippen LogP contribution in [0.3, 0.4) is 0 Å². The van der Waals surface area contributed by atoms with Gasteiger partial charge in [-0.3, -0.25) is 24.2 Å². The lowest BCUT2D eigenvalue weighted by molar-refractivity contribution is -0.116. The number of anilines is 1. The van der Waals surface area contributed by atoms with E-state index in [4.69, 9.17) is 9.47 Å². The summed E-state index contributed by atoms with van der Waals surface area (Å²) in [5, 5.41) is 2.79. The molecule has 9 nitrogen and oxygen atoms in total. The summed E-state index contributed by atoms with van der Waals surface area (Å²) >= 11 is 0. The fourth-order valence-electron chi connectivity index (χ4n) is 5.50. The summed E-state index contributed by atoms with van der Waals surface area (Å²) in [4.78, 5) is 58.3. The Kier molecular flexibility index (Phi) is 6.63. The highest BCUT2D eigenvalue weighted by molar-refractivity contribution is 6.30. The van der Waals surface area contributed by atoms with Crippen LogP contribution in [0, 0.1) is 0 Å². The minimum atomic E-state index is -0.305. The average Bonchev–Trinajstić information content (AvgIpc) is 3.40. The Morgan fingerprint density at radius 1 is 0.975 bits per heavy atom. The zero-order valence-corrected chi connectivity index (χ0v) is 21.9. The number of hydrogen-bond donors (Lipinski definition) is 1. The molecular formula is C31H27N3O6. The van der Waals surface area contributed by atoms with Crippen molar-refractivity contribution in [2.75, 3.05) is 25.6 Å². The third-order valence-electron chi connectivity index (χ3n) is 7.49. The van der Waals surface area contributed by atoms with Crippen molar-refractivity contribution < 1.29 is 28.7 Å². The molecule has 1 N–H and O–H groups in total. The Labute approximate surface area is 230 Å². The van der Waals surface area contributed by atoms with Crippen LogP contribution in [0.4, 0.5) is 11.4 Å². The topological polar surface area (TPSA) is 114 Å². The van der Waals surface area contributed by atoms with Crippen LogP contribution in [0.2, 0.25) is 0 Å². The summed E-state index contributed by atoms with van der Waals surface area (Å²) in [6, 6.07) is 14.9. The van der Waals surface area contributed by atoms with Crippen LogP contribution in [-0.4, -0.2) is 60.8 Å². The highest BCUT2D eigenvalue weighted by atomic mass is 16.5. The van der Waals surface area contributed by atoms with Crippen molar-refractivity contribution in [3.8, 4) is 11.5 Å². The monoisotopic (exact) mass is 537 g/mol. The molecule has 1 fully saturated rings. The largest absolute Gasteiger partial charge is 0.493 e. The van der Waals surface area contributed by atoms with Crippen LogP contribution in [0.5, 0.6) is 11.5 Å². The number of aliphatic imine (C=N–C) groups is 1. The molecule has 1 atom stereocenters. The maximum atomic E-state index is 13.2. The molecule has 1 saturated heterocycles. The van der Waals surface area contributed by atoms with E-state index in [1.807, 2.05) is 11.1 Å². The number of amides is 2. The van der Waals surface area contributed by atoms with E-state index in [9.17, 15) is 19.2 Å². The molecular weight excluding hydrogens is 510 g/mol. The minimum absolute atomic E-state index is 0.00663. The quantitative estimate of drug-likeness (QED) is 0.345. The lowest BCUT2D eigenvalue weighted by Crippen LogP contribution is -2.35. The van der Waals surface area contributed by atoms with Crippen LogP contribution in [0.1, 0.15) is 67.9 Å². The van der Waals surface area contributed by atoms with Gasteiger partial charge in [0.25, 0.3) is 5.91 Å². The average molecular weight is 538 g/mol. The molecule has 0 unspecified atom stereocenters. The fourth-order valence-corrected chi connectivity index (χ4v) is 5.50. The van der Waals surface area contributed by atoms with E-state index < -0.39 is 0 Å². The molecule has 6 rings (SSSR count). The van der Waals surface area contributed by atoms with Crippen molar-refractivity contribution in [1.29, 1.82) is 0 Å². The standard InChI is InChI=1S/C31H27N3O6/c1-39-25-15-22-24(32-17-18-7-5-13-34(18)31(22)38)16-26(25)40-14-6-12-27(35)33-23-11-4-10-21-28(23)30(37)20-9-3-2-8-19(20)29(21)36/h2-4,8-11,15-18H,5-7,12-14H2,1H3,(H,33,35)/t18-/m0/s1. The van der Waals surface area contributed by atoms with Gasteiger partial charge in [-0.05, 0) is 31.4 Å². The second-order valence-electron chi connectivity index (χ2n) is 9.94. The molecule has 0 bridgehead atoms. The zero-order valence-electron chi connectivity index (χ0n) is 21.9. The van der Waals surface area contributed by atoms with Crippen LogP contribution in [-0.2, 0) is 4.79 Å². The molecule has 3 aliphatic rings. The Hall–Kier alpha value is -4.79. The Morgan fingerprint density at radius 2 is 1.75 bits per heavy atom. The first-order valence-corrected chi connectivity index (χ1v) is 13.3. The molecule has 0 radical (unpaired) electrons. The van der Waals surface area contributed by atoms with E-state index in [1.165, 1.54) is 7.11 Å². The van der Waals surface area contributed by atoms with Crippen molar-refractivity contribution in [1.82, 2.24) is 4.90 Å². The molecule has 202 valence electrons. The SMILES string of the molecule is COc1cc2c(cc1OCCCC(=O)Nc1cccc3c1C(=O)c1ccccc1C3=O)N=C[C@@H]1CCCN1C2=O. The first-order chi connectivity index (χ1) is 19.5. The van der Waals surface area contributed by atoms with Gasteiger partial charge in [0.1, 0.15) is 0 Å². The van der Waals surface area contributed by atoms with Gasteiger partial charge < -0.3 is 19.7 Å². The molecule has 2 aliphatic heterocycles. The van der Waals surface area contributed by atoms with E-state index in [-0.39, 0.29) is 53.6 Å². The van der Waals surface area contributed by atoms with Crippen molar-refractivity contribution in [3.63, 3.8) is 0 Å². The molecule has 0 spiro atoms. The number of rotatable bonds is 7. The van der Waals surface area contributed by atoms with Gasteiger partial charge in [0.2, 0.25) is 5.91 Å². The van der Waals surface area contributed by atoms with Crippen LogP contribution in [0.25, 0.3) is 0 Å². The number of carbonyl (C=O) groups is 4. The Morgan fingerprint density at radius 3 is 2.55 bits per heavy atom. The number of ketones is 2. The van der Waals surface area contributed by atoms with Crippen LogP contribution < -0.4 is 14.8 Å². The lowest BCUT2D eigenvalue weighted by Gasteiger charge is -2.20. The summed E-state index contributed by atoms with van der Waals surface area (Å²) in [6.45, 7) is 0.924. The molecule has 2 heterocycles. The van der Waals surface area contributed by atoms with Crippen molar-refractivity contribution >= 4 is 41.0 Å². The molecule has 3 aromatic rings. The molecule has 3 aromatic carbocycles. The van der Waals surface area contributed by atoms with Crippen molar-refractivity contribution in [2.24, 2.45) is 4.99 Å². The molecule has 0 saturated carbocycles. The third-order valence-corrected chi connectivity index (χ3v) is 7.49. The van der Waals surface area contributed by atoms with E-state index >= 15 is 0 Å². The molecule has 9 heteroatoms. The number of nitrogens with zero attached hydrogens (tertiary/aromatic N) is 2. The zero-order chi connectivity index (χ0) is 27.8. The molecule has 1 aliphatic carbocycles. The number of hydrogen-bond acceptors (Lipinski definition) is 7. The molecule has 40 heavy (non-hydrogen) atoms. The fraction of sp³-hybridized carbons (Fsp3) is 0.258. The normalized spacial score (nSPS) is 17.0. The van der Waals surface area contributed by atoms with Gasteiger partial charge in [0.05, 0.1) is 42.3 Å². The Balaban J connectivity index is 1.11. The molecule has 0 aromatic heterocycles. The minimum Gasteiger partial charge on any atom is -0.493 e. The maximum absolute atomic E-state index is 13.2. The van der Waals surface area contributed by atoms with Gasteiger partial charge in [-0.15, -0.1) is 0 Å². The summed E-state index contributed by atoms with van der Waals surface area (Å²) in [6.07, 6.45) is 4.18. The van der Waals surface area contributed by atoms with E-state index in [0.29, 0.717) is 52.5 Å². The number of nitrogens with one attached hydrogen (secondary N) is 1. The van der Waals surface area contributed by atoms with Crippen molar-refractivity contribution in [3.05, 3.63) is 82.4 Å². The number of methoxy groups -OCH3 is 1. The maximum Gasteiger partial charge on any atom is 0.256 e. The van der Waals surface area contributed by atoms with E-state index in [1.54, 1.807) is 54.6 Å². The number of fused-ring (bicyclic) bond motifs is 4. The lowest BCUT2D eigenvalue weighted by atomic mass is 9.83. The van der Waals surface area contributed by atoms with Crippen LogP contribution >= 0.6 is 0 Å². The van der Waals surface area contributed by atoms with Crippen LogP contribution in [0.15, 0.2) is 59.6 Å². The van der Waals surface area contributed by atoms with Gasteiger partial charge in [0.15, 0.2) is 23.1 Å². The number of carbonyl (C=O) groups excluding carboxylic acids is 4. The summed E-state index contributed by atoms with van der Waals surface area (Å²) in [7, 11) is 1.51. The number of benzene rings is 3. The van der Waals surface area contributed by atoms with Gasteiger partial charge in [-0.25, -0.2) is 0 Å². The van der Waals surface area contributed by atoms with Gasteiger partial charge in [-0.1, -0.05) is 36.4 Å². The van der Waals surface area contributed by atoms with Gasteiger partial charge in [0, 0.05) is 41.9 Å². The number of ether oxygens (including phenoxy) is 2. The summed E-state index contributed by atoms with van der Waals surface area (Å²) in [5.41, 5.74) is 2.50. The van der Waals surface area contributed by atoms with E-state index in [0.717, 1.165) is 12.8 Å². The van der Waals surface area contributed by atoms with E-state index in [2.05, 4.69) is 10.3 Å². The predicted molar refractivity (Wildman–Crippen MR) is 148 cm³/mol. The second-order valence-corrected chi connectivity index (χ2v) is 9.94. The third kappa shape index (κ3) is 4.43. The molecule has 2 amide bonds. The summed E-state index contributed by atoms with van der Waals surface area (Å²) < 4.78 is 11.4. The summed E-state index contributed by atoms with van der Waals surface area (Å²) in [5.74, 6) is -0.0430. The first kappa shape index (κ1) is 25.5. The predicted octanol–water partition coefficient (Wildman–Crippen LogP) is 4.59. The highest BCUT2D eigenvalue weighted by Crippen LogP contribution is 2.38.